The number of nitrogens with one attached hydrogen (secondary N) is 1. The van der Waals surface area contributed by atoms with E-state index in [2.05, 4.69) is 15.7 Å². The summed E-state index contributed by atoms with van der Waals surface area (Å²) in [5, 5.41) is 0.725. The molecule has 7 rings (SSSR count). The zero-order valence-electron chi connectivity index (χ0n) is 23.6. The molecule has 5 aliphatic rings. The summed E-state index contributed by atoms with van der Waals surface area (Å²) < 4.78 is 40.9. The summed E-state index contributed by atoms with van der Waals surface area (Å²) in [6.45, 7) is 2.03. The Labute approximate surface area is 248 Å². The lowest BCUT2D eigenvalue weighted by molar-refractivity contribution is 0.00348. The SMILES string of the molecule is CO[C@@H]1C2=CCC(CC2)CS(=O)(=O)NC(=O)c2ccc3c(c2)N(CCCCc2cc(Cl)ccc2CO3)C[C@@H]2CC[C@H]21. The maximum atomic E-state index is 13.3. The third-order valence-electron chi connectivity index (χ3n) is 9.43. The van der Waals surface area contributed by atoms with Crippen molar-refractivity contribution in [3.8, 4) is 5.75 Å². The number of carbonyl (C=O) groups is 1. The number of anilines is 1. The predicted molar refractivity (Wildman–Crippen MR) is 161 cm³/mol. The van der Waals surface area contributed by atoms with E-state index in [1.165, 1.54) is 11.1 Å². The first-order valence-electron chi connectivity index (χ1n) is 14.9. The molecule has 7 nitrogen and oxygen atoms in total. The molecule has 1 fully saturated rings. The fraction of sp³-hybridized carbons (Fsp3) is 0.531. The molecule has 2 aromatic rings. The Morgan fingerprint density at radius 1 is 1.05 bits per heavy atom. The highest BCUT2D eigenvalue weighted by Gasteiger charge is 2.41. The average molecular weight is 599 g/mol. The molecule has 0 spiro atoms. The van der Waals surface area contributed by atoms with Gasteiger partial charge in [0.25, 0.3) is 5.91 Å². The number of allylic oxidation sites excluding steroid dienone is 1. The van der Waals surface area contributed by atoms with Crippen molar-refractivity contribution in [1.29, 1.82) is 0 Å². The van der Waals surface area contributed by atoms with Crippen LogP contribution in [-0.2, 0) is 27.8 Å². The van der Waals surface area contributed by atoms with E-state index in [-0.39, 0.29) is 17.8 Å². The lowest BCUT2D eigenvalue weighted by atomic mass is 9.67. The van der Waals surface area contributed by atoms with Gasteiger partial charge in [-0.3, -0.25) is 4.79 Å². The molecule has 2 aromatic carbocycles. The van der Waals surface area contributed by atoms with E-state index in [4.69, 9.17) is 21.1 Å². The standard InChI is InChI=1S/C32H39ClN2O5S/c1-39-31-22-7-5-21(6-8-22)20-41(37,38)34-32(36)24-11-14-30-29(17-24)35(18-25-10-13-28(25)31)15-3-2-4-23-16-27(33)12-9-26(23)19-40-30/h7,9,11-12,14,16-17,21,25,28,31H,2-6,8,10,13,15,18-20H2,1H3,(H,34,36)/t21?,25-,28+,31+/m0/s1. The maximum Gasteiger partial charge on any atom is 0.264 e. The number of halogens is 1. The number of amides is 1. The Kier molecular flexibility index (Phi) is 8.35. The molecule has 3 heterocycles. The molecule has 9 heteroatoms. The number of hydrogen-bond donors (Lipinski definition) is 1. The van der Waals surface area contributed by atoms with Crippen LogP contribution < -0.4 is 14.4 Å². The van der Waals surface area contributed by atoms with Gasteiger partial charge in [-0.15, -0.1) is 0 Å². The third-order valence-corrected chi connectivity index (χ3v) is 11.1. The van der Waals surface area contributed by atoms with Gasteiger partial charge in [-0.05, 0) is 116 Å². The lowest BCUT2D eigenvalue weighted by Gasteiger charge is -2.45. The van der Waals surface area contributed by atoms with Crippen LogP contribution in [-0.4, -0.2) is 46.4 Å². The minimum atomic E-state index is -3.79. The van der Waals surface area contributed by atoms with Crippen molar-refractivity contribution in [3.05, 3.63) is 69.8 Å². The molecule has 220 valence electrons. The van der Waals surface area contributed by atoms with Crippen molar-refractivity contribution >= 4 is 33.2 Å². The van der Waals surface area contributed by atoms with Crippen molar-refractivity contribution < 1.29 is 22.7 Å². The van der Waals surface area contributed by atoms with Crippen LogP contribution in [0.15, 0.2) is 48.0 Å². The summed E-state index contributed by atoms with van der Waals surface area (Å²) in [5.41, 5.74) is 4.75. The molecule has 3 aliphatic heterocycles. The Hall–Kier alpha value is -2.55. The van der Waals surface area contributed by atoms with Crippen molar-refractivity contribution in [2.24, 2.45) is 17.8 Å². The number of sulfonamides is 1. The minimum absolute atomic E-state index is 0.0132. The number of rotatable bonds is 1. The fourth-order valence-electron chi connectivity index (χ4n) is 7.05. The second-order valence-corrected chi connectivity index (χ2v) is 14.3. The van der Waals surface area contributed by atoms with Gasteiger partial charge in [0.2, 0.25) is 10.0 Å². The van der Waals surface area contributed by atoms with Crippen LogP contribution in [0.3, 0.4) is 0 Å². The number of carbonyl (C=O) groups excluding carboxylic acids is 1. The monoisotopic (exact) mass is 598 g/mol. The fourth-order valence-corrected chi connectivity index (χ4v) is 8.66. The van der Waals surface area contributed by atoms with E-state index < -0.39 is 15.9 Å². The average Bonchev–Trinajstić information content (AvgIpc) is 2.96. The van der Waals surface area contributed by atoms with E-state index in [1.807, 2.05) is 30.3 Å². The topological polar surface area (TPSA) is 84.9 Å². The summed E-state index contributed by atoms with van der Waals surface area (Å²) >= 11 is 6.32. The highest BCUT2D eigenvalue weighted by atomic mass is 35.5. The number of hydrogen-bond acceptors (Lipinski definition) is 6. The van der Waals surface area contributed by atoms with E-state index in [1.54, 1.807) is 13.2 Å². The van der Waals surface area contributed by atoms with Gasteiger partial charge in [-0.2, -0.15) is 0 Å². The van der Waals surface area contributed by atoms with Crippen molar-refractivity contribution in [3.63, 3.8) is 0 Å². The van der Waals surface area contributed by atoms with Gasteiger partial charge in [-0.25, -0.2) is 13.1 Å². The van der Waals surface area contributed by atoms with Gasteiger partial charge in [0.1, 0.15) is 12.4 Å². The van der Waals surface area contributed by atoms with E-state index in [9.17, 15) is 13.2 Å². The summed E-state index contributed by atoms with van der Waals surface area (Å²) in [4.78, 5) is 15.6. The molecule has 41 heavy (non-hydrogen) atoms. The predicted octanol–water partition coefficient (Wildman–Crippen LogP) is 5.90. The number of ether oxygens (including phenoxy) is 2. The van der Waals surface area contributed by atoms with Crippen LogP contribution in [0.25, 0.3) is 0 Å². The zero-order valence-corrected chi connectivity index (χ0v) is 25.2. The van der Waals surface area contributed by atoms with Gasteiger partial charge < -0.3 is 14.4 Å². The smallest absolute Gasteiger partial charge is 0.264 e. The van der Waals surface area contributed by atoms with Crippen LogP contribution in [0.1, 0.15) is 66.4 Å². The molecule has 4 bridgehead atoms. The summed E-state index contributed by atoms with van der Waals surface area (Å²) in [6, 6.07) is 11.2. The molecular formula is C32H39ClN2O5S. The van der Waals surface area contributed by atoms with Gasteiger partial charge in [0.15, 0.2) is 0 Å². The zero-order chi connectivity index (χ0) is 28.6. The lowest BCUT2D eigenvalue weighted by Crippen LogP contribution is -2.45. The Bertz CT molecular complexity index is 1440. The van der Waals surface area contributed by atoms with Crippen LogP contribution in [0.4, 0.5) is 5.69 Å². The summed E-state index contributed by atoms with van der Waals surface area (Å²) in [7, 11) is -1.98. The van der Waals surface area contributed by atoms with Gasteiger partial charge in [-0.1, -0.05) is 23.7 Å². The van der Waals surface area contributed by atoms with E-state index in [0.717, 1.165) is 74.3 Å². The van der Waals surface area contributed by atoms with Crippen molar-refractivity contribution in [2.75, 3.05) is 30.9 Å². The first-order valence-corrected chi connectivity index (χ1v) is 16.9. The first-order chi connectivity index (χ1) is 19.8. The number of nitrogens with zero attached hydrogens (tertiary/aromatic N) is 1. The second-order valence-electron chi connectivity index (χ2n) is 12.1. The van der Waals surface area contributed by atoms with Gasteiger partial charge >= 0.3 is 0 Å². The Balaban J connectivity index is 1.39. The normalized spacial score (nSPS) is 28.1. The molecule has 2 aliphatic carbocycles. The number of fused-ring (bicyclic) bond motifs is 6. The second kappa shape index (κ2) is 12.0. The molecule has 4 atom stereocenters. The molecule has 1 N–H and O–H groups in total. The Morgan fingerprint density at radius 2 is 1.93 bits per heavy atom. The van der Waals surface area contributed by atoms with Gasteiger partial charge in [0.05, 0.1) is 17.5 Å². The van der Waals surface area contributed by atoms with Crippen molar-refractivity contribution in [2.45, 2.75) is 64.1 Å². The molecule has 1 amide bonds. The van der Waals surface area contributed by atoms with Gasteiger partial charge in [0, 0.05) is 30.8 Å². The summed E-state index contributed by atoms with van der Waals surface area (Å²) in [6.07, 6.45) is 9.71. The van der Waals surface area contributed by atoms with Crippen LogP contribution in [0.5, 0.6) is 5.75 Å². The van der Waals surface area contributed by atoms with Crippen molar-refractivity contribution in [1.82, 2.24) is 4.72 Å². The maximum absolute atomic E-state index is 13.3. The highest BCUT2D eigenvalue weighted by molar-refractivity contribution is 7.90. The number of benzene rings is 2. The molecule has 1 unspecified atom stereocenters. The molecule has 0 radical (unpaired) electrons. The molecule has 1 saturated carbocycles. The molecule has 0 aromatic heterocycles. The van der Waals surface area contributed by atoms with Crippen LogP contribution in [0, 0.1) is 17.8 Å². The first kappa shape index (κ1) is 28.6. The number of aryl methyl sites for hydroxylation is 1. The molecule has 0 saturated heterocycles. The minimum Gasteiger partial charge on any atom is -0.487 e. The Morgan fingerprint density at radius 3 is 2.68 bits per heavy atom. The van der Waals surface area contributed by atoms with E-state index in [0.29, 0.717) is 36.2 Å². The quantitative estimate of drug-likeness (QED) is 0.411. The largest absolute Gasteiger partial charge is 0.487 e. The summed E-state index contributed by atoms with van der Waals surface area (Å²) in [5.74, 6) is 0.894. The van der Waals surface area contributed by atoms with Crippen LogP contribution in [0.2, 0.25) is 5.02 Å². The van der Waals surface area contributed by atoms with Crippen LogP contribution >= 0.6 is 11.6 Å². The van der Waals surface area contributed by atoms with E-state index >= 15 is 0 Å². The molecular weight excluding hydrogens is 560 g/mol. The third kappa shape index (κ3) is 6.30. The number of methoxy groups -OCH3 is 1. The highest BCUT2D eigenvalue weighted by Crippen LogP contribution is 2.44.